The molecule has 156 valence electrons. The van der Waals surface area contributed by atoms with E-state index in [2.05, 4.69) is 10.7 Å². The van der Waals surface area contributed by atoms with E-state index in [1.165, 1.54) is 7.11 Å². The van der Waals surface area contributed by atoms with Crippen molar-refractivity contribution in [1.29, 1.82) is 0 Å². The number of amides is 4. The number of hydrogen-bond donors (Lipinski definition) is 2. The Balaban J connectivity index is 1.60. The number of ether oxygens (including phenoxy) is 1. The van der Waals surface area contributed by atoms with Crippen LogP contribution in [-0.2, 0) is 24.7 Å². The van der Waals surface area contributed by atoms with Gasteiger partial charge in [-0.15, -0.1) is 0 Å². The van der Waals surface area contributed by atoms with Crippen molar-refractivity contribution in [3.05, 3.63) is 35.9 Å². The Kier molecular flexibility index (Phi) is 6.17. The Morgan fingerprint density at radius 2 is 1.86 bits per heavy atom. The van der Waals surface area contributed by atoms with E-state index < -0.39 is 23.4 Å². The first-order chi connectivity index (χ1) is 13.9. The van der Waals surface area contributed by atoms with Gasteiger partial charge in [0.15, 0.2) is 0 Å². The molecule has 0 saturated carbocycles. The molecule has 2 aliphatic rings. The minimum atomic E-state index is -1.19. The van der Waals surface area contributed by atoms with Crippen LogP contribution in [0.5, 0.6) is 0 Å². The number of urea groups is 1. The zero-order valence-electron chi connectivity index (χ0n) is 16.6. The quantitative estimate of drug-likeness (QED) is 0.537. The Labute approximate surface area is 169 Å². The molecule has 2 aliphatic heterocycles. The average Bonchev–Trinajstić information content (AvgIpc) is 2.99. The highest BCUT2D eigenvalue weighted by molar-refractivity contribution is 6.08. The highest BCUT2D eigenvalue weighted by Gasteiger charge is 2.52. The van der Waals surface area contributed by atoms with Gasteiger partial charge in [0.25, 0.3) is 11.8 Å². The van der Waals surface area contributed by atoms with Crippen LogP contribution >= 0.6 is 0 Å². The van der Waals surface area contributed by atoms with E-state index in [0.29, 0.717) is 37.9 Å². The molecule has 3 rings (SSSR count). The van der Waals surface area contributed by atoms with Crippen LogP contribution in [0.25, 0.3) is 0 Å². The first kappa shape index (κ1) is 20.8. The molecule has 0 radical (unpaired) electrons. The van der Waals surface area contributed by atoms with Gasteiger partial charge in [-0.05, 0) is 37.9 Å². The molecule has 2 saturated heterocycles. The molecule has 2 heterocycles. The standard InChI is InChI=1S/C20H26N4O5/c1-3-20(15-7-5-4-6-8-15)18(27)24(19(28)21-20)22-16(25)13-23-11-9-14(10-12-23)17(26)29-2/h4-8,14H,3,9-13H2,1-2H3,(H,21,28)(H,22,25)/t20-/m1/s1. The van der Waals surface area contributed by atoms with Crippen LogP contribution in [-0.4, -0.2) is 60.5 Å². The maximum absolute atomic E-state index is 13.0. The van der Waals surface area contributed by atoms with Gasteiger partial charge < -0.3 is 10.1 Å². The van der Waals surface area contributed by atoms with Crippen molar-refractivity contribution in [3.8, 4) is 0 Å². The van der Waals surface area contributed by atoms with Crippen LogP contribution in [0.15, 0.2) is 30.3 Å². The third kappa shape index (κ3) is 4.09. The highest BCUT2D eigenvalue weighted by atomic mass is 16.5. The largest absolute Gasteiger partial charge is 0.469 e. The Morgan fingerprint density at radius 3 is 2.45 bits per heavy atom. The third-order valence-corrected chi connectivity index (χ3v) is 5.61. The molecule has 9 nitrogen and oxygen atoms in total. The number of methoxy groups -OCH3 is 1. The lowest BCUT2D eigenvalue weighted by atomic mass is 9.87. The SMILES string of the molecule is CC[C@]1(c2ccccc2)NC(=O)N(NC(=O)CN2CCC(C(=O)OC)CC2)C1=O. The smallest absolute Gasteiger partial charge is 0.344 e. The van der Waals surface area contributed by atoms with Crippen molar-refractivity contribution in [3.63, 3.8) is 0 Å². The van der Waals surface area contributed by atoms with E-state index in [1.807, 2.05) is 17.9 Å². The summed E-state index contributed by atoms with van der Waals surface area (Å²) in [5, 5.41) is 3.49. The van der Waals surface area contributed by atoms with Gasteiger partial charge in [-0.3, -0.25) is 24.7 Å². The second-order valence-corrected chi connectivity index (χ2v) is 7.30. The molecule has 0 spiro atoms. The molecule has 1 aromatic carbocycles. The van der Waals surface area contributed by atoms with Gasteiger partial charge in [0.1, 0.15) is 5.54 Å². The Morgan fingerprint density at radius 1 is 1.21 bits per heavy atom. The zero-order valence-corrected chi connectivity index (χ0v) is 16.6. The molecular weight excluding hydrogens is 376 g/mol. The van der Waals surface area contributed by atoms with E-state index >= 15 is 0 Å². The predicted octanol–water partition coefficient (Wildman–Crippen LogP) is 0.760. The van der Waals surface area contributed by atoms with Crippen LogP contribution in [0.1, 0.15) is 31.7 Å². The number of rotatable bonds is 6. The third-order valence-electron chi connectivity index (χ3n) is 5.61. The van der Waals surface area contributed by atoms with Gasteiger partial charge in [0.05, 0.1) is 19.6 Å². The van der Waals surface area contributed by atoms with E-state index in [4.69, 9.17) is 4.74 Å². The Hall–Kier alpha value is -2.94. The molecule has 4 amide bonds. The molecular formula is C20H26N4O5. The van der Waals surface area contributed by atoms with E-state index in [-0.39, 0.29) is 18.4 Å². The number of carbonyl (C=O) groups is 4. The molecule has 29 heavy (non-hydrogen) atoms. The molecule has 9 heteroatoms. The maximum atomic E-state index is 13.0. The van der Waals surface area contributed by atoms with Crippen molar-refractivity contribution in [1.82, 2.24) is 20.7 Å². The summed E-state index contributed by atoms with van der Waals surface area (Å²) in [5.74, 6) is -1.34. The van der Waals surface area contributed by atoms with Crippen LogP contribution in [0.2, 0.25) is 0 Å². The van der Waals surface area contributed by atoms with E-state index in [9.17, 15) is 19.2 Å². The van der Waals surface area contributed by atoms with Gasteiger partial charge in [-0.2, -0.15) is 5.01 Å². The normalized spacial score (nSPS) is 23.0. The molecule has 0 unspecified atom stereocenters. The number of piperidine rings is 1. The molecule has 1 aromatic rings. The lowest BCUT2D eigenvalue weighted by Crippen LogP contribution is -2.52. The van der Waals surface area contributed by atoms with E-state index in [0.717, 1.165) is 5.01 Å². The fourth-order valence-electron chi connectivity index (χ4n) is 3.90. The first-order valence-corrected chi connectivity index (χ1v) is 9.73. The van der Waals surface area contributed by atoms with Crippen molar-refractivity contribution in [2.75, 3.05) is 26.7 Å². The fraction of sp³-hybridized carbons (Fsp3) is 0.500. The lowest BCUT2D eigenvalue weighted by molar-refractivity contribution is -0.147. The highest BCUT2D eigenvalue weighted by Crippen LogP contribution is 2.31. The van der Waals surface area contributed by atoms with E-state index in [1.54, 1.807) is 24.3 Å². The monoisotopic (exact) mass is 402 g/mol. The van der Waals surface area contributed by atoms with Crippen molar-refractivity contribution >= 4 is 23.8 Å². The summed E-state index contributed by atoms with van der Waals surface area (Å²) in [6.45, 7) is 2.98. The van der Waals surface area contributed by atoms with Crippen LogP contribution in [0, 0.1) is 5.92 Å². The summed E-state index contributed by atoms with van der Waals surface area (Å²) < 4.78 is 4.76. The minimum absolute atomic E-state index is 0.0371. The molecule has 2 fully saturated rings. The predicted molar refractivity (Wildman–Crippen MR) is 103 cm³/mol. The number of carbonyl (C=O) groups excluding carboxylic acids is 4. The molecule has 0 aliphatic carbocycles. The number of nitrogens with zero attached hydrogens (tertiary/aromatic N) is 2. The van der Waals surface area contributed by atoms with Gasteiger partial charge in [0.2, 0.25) is 0 Å². The second kappa shape index (κ2) is 8.60. The summed E-state index contributed by atoms with van der Waals surface area (Å²) in [6, 6.07) is 8.32. The number of benzene rings is 1. The minimum Gasteiger partial charge on any atom is -0.469 e. The van der Waals surface area contributed by atoms with Crippen LogP contribution in [0.3, 0.4) is 0 Å². The fourth-order valence-corrected chi connectivity index (χ4v) is 3.90. The number of nitrogens with one attached hydrogen (secondary N) is 2. The van der Waals surface area contributed by atoms with Gasteiger partial charge >= 0.3 is 12.0 Å². The molecule has 2 N–H and O–H groups in total. The molecule has 1 atom stereocenters. The summed E-state index contributed by atoms with van der Waals surface area (Å²) in [7, 11) is 1.37. The molecule has 0 aromatic heterocycles. The van der Waals surface area contributed by atoms with Gasteiger partial charge in [-0.1, -0.05) is 37.3 Å². The summed E-state index contributed by atoms with van der Waals surface area (Å²) in [6.07, 6.45) is 1.57. The van der Waals surface area contributed by atoms with Crippen molar-refractivity contribution in [2.24, 2.45) is 5.92 Å². The topological polar surface area (TPSA) is 108 Å². The Bertz CT molecular complexity index is 791. The second-order valence-electron chi connectivity index (χ2n) is 7.30. The van der Waals surface area contributed by atoms with Gasteiger partial charge in [-0.25, -0.2) is 4.79 Å². The summed E-state index contributed by atoms with van der Waals surface area (Å²) >= 11 is 0. The first-order valence-electron chi connectivity index (χ1n) is 9.73. The number of likely N-dealkylation sites (tertiary alicyclic amines) is 1. The lowest BCUT2D eigenvalue weighted by Gasteiger charge is -2.30. The molecule has 0 bridgehead atoms. The summed E-state index contributed by atoms with van der Waals surface area (Å²) in [5.41, 5.74) is 1.91. The zero-order chi connectivity index (χ0) is 21.0. The summed E-state index contributed by atoms with van der Waals surface area (Å²) in [4.78, 5) is 51.4. The van der Waals surface area contributed by atoms with Crippen molar-refractivity contribution < 1.29 is 23.9 Å². The maximum Gasteiger partial charge on any atom is 0.344 e. The number of hydrazine groups is 1. The number of esters is 1. The number of hydrogen-bond acceptors (Lipinski definition) is 6. The van der Waals surface area contributed by atoms with Gasteiger partial charge in [0, 0.05) is 0 Å². The van der Waals surface area contributed by atoms with Crippen LogP contribution < -0.4 is 10.7 Å². The number of imide groups is 1. The van der Waals surface area contributed by atoms with Crippen molar-refractivity contribution in [2.45, 2.75) is 31.7 Å². The van der Waals surface area contributed by atoms with Crippen LogP contribution in [0.4, 0.5) is 4.79 Å². The average molecular weight is 402 g/mol.